The molecule has 1 unspecified atom stereocenters. The van der Waals surface area contributed by atoms with Gasteiger partial charge in [0.15, 0.2) is 15.6 Å². The first kappa shape index (κ1) is 11.2. The Morgan fingerprint density at radius 1 is 1.44 bits per heavy atom. The number of carbonyl (C=O) groups is 1. The summed E-state index contributed by atoms with van der Waals surface area (Å²) >= 11 is 0. The first-order chi connectivity index (χ1) is 7.32. The van der Waals surface area contributed by atoms with Gasteiger partial charge in [0.1, 0.15) is 5.82 Å². The summed E-state index contributed by atoms with van der Waals surface area (Å²) in [7, 11) is -3.60. The molecule has 1 N–H and O–H groups in total. The third-order valence-electron chi connectivity index (χ3n) is 2.54. The van der Waals surface area contributed by atoms with Crippen molar-refractivity contribution in [1.82, 2.24) is 0 Å². The second-order valence-electron chi connectivity index (χ2n) is 3.75. The average molecular weight is 244 g/mol. The van der Waals surface area contributed by atoms with Crippen LogP contribution in [0.2, 0.25) is 0 Å². The summed E-state index contributed by atoms with van der Waals surface area (Å²) in [6.07, 6.45) is -0.568. The van der Waals surface area contributed by atoms with Crippen molar-refractivity contribution in [3.63, 3.8) is 0 Å². The zero-order chi connectivity index (χ0) is 12.1. The number of hydrogen-bond acceptors (Lipinski definition) is 4. The summed E-state index contributed by atoms with van der Waals surface area (Å²) in [4.78, 5) is 11.3. The second kappa shape index (κ2) is 3.36. The fourth-order valence-electron chi connectivity index (χ4n) is 1.88. The van der Waals surface area contributed by atoms with Gasteiger partial charge in [0.25, 0.3) is 0 Å². The summed E-state index contributed by atoms with van der Waals surface area (Å²) < 4.78 is 36.2. The van der Waals surface area contributed by atoms with Crippen LogP contribution in [0.1, 0.15) is 28.4 Å². The molecule has 1 aromatic rings. The number of sulfone groups is 1. The number of carbonyl (C=O) groups excluding carboxylic acids is 1. The van der Waals surface area contributed by atoms with Crippen LogP contribution in [0.4, 0.5) is 4.39 Å². The van der Waals surface area contributed by atoms with E-state index in [2.05, 4.69) is 0 Å². The van der Waals surface area contributed by atoms with E-state index in [1.807, 2.05) is 0 Å². The minimum atomic E-state index is -3.60. The normalized spacial score (nSPS) is 19.9. The van der Waals surface area contributed by atoms with Gasteiger partial charge >= 0.3 is 0 Å². The van der Waals surface area contributed by atoms with Gasteiger partial charge in [0, 0.05) is 23.8 Å². The molecule has 0 saturated carbocycles. The molecule has 0 bridgehead atoms. The van der Waals surface area contributed by atoms with Gasteiger partial charge < -0.3 is 5.11 Å². The van der Waals surface area contributed by atoms with Gasteiger partial charge in [-0.1, -0.05) is 0 Å². The number of hydrogen-bond donors (Lipinski definition) is 1. The van der Waals surface area contributed by atoms with E-state index in [-0.39, 0.29) is 22.4 Å². The maximum absolute atomic E-state index is 13.4. The van der Waals surface area contributed by atoms with E-state index in [1.165, 1.54) is 0 Å². The Kier molecular flexibility index (Phi) is 2.36. The maximum atomic E-state index is 13.4. The lowest BCUT2D eigenvalue weighted by atomic mass is 10.1. The highest BCUT2D eigenvalue weighted by Gasteiger charge is 2.35. The van der Waals surface area contributed by atoms with Crippen molar-refractivity contribution in [2.45, 2.75) is 17.4 Å². The Morgan fingerprint density at radius 2 is 2.06 bits per heavy atom. The van der Waals surface area contributed by atoms with E-state index in [0.717, 1.165) is 18.4 Å². The van der Waals surface area contributed by atoms with Crippen molar-refractivity contribution in [3.8, 4) is 0 Å². The molecule has 86 valence electrons. The SMILES string of the molecule is CS(=O)(=O)c1ccc(F)c2c1C(=O)CC2O. The zero-order valence-corrected chi connectivity index (χ0v) is 9.21. The number of halogens is 1. The number of aliphatic hydroxyl groups is 1. The topological polar surface area (TPSA) is 71.4 Å². The van der Waals surface area contributed by atoms with Gasteiger partial charge in [0.2, 0.25) is 0 Å². The fourth-order valence-corrected chi connectivity index (χ4v) is 2.79. The first-order valence-corrected chi connectivity index (χ1v) is 6.45. The second-order valence-corrected chi connectivity index (χ2v) is 5.73. The summed E-state index contributed by atoms with van der Waals surface area (Å²) in [6.45, 7) is 0. The molecule has 16 heavy (non-hydrogen) atoms. The smallest absolute Gasteiger partial charge is 0.176 e. The highest BCUT2D eigenvalue weighted by molar-refractivity contribution is 7.90. The minimum Gasteiger partial charge on any atom is -0.388 e. The highest BCUT2D eigenvalue weighted by Crippen LogP contribution is 2.36. The number of aliphatic hydroxyl groups excluding tert-OH is 1. The van der Waals surface area contributed by atoms with Crippen molar-refractivity contribution < 1.29 is 22.7 Å². The fraction of sp³-hybridized carbons (Fsp3) is 0.300. The quantitative estimate of drug-likeness (QED) is 0.743. The minimum absolute atomic E-state index is 0.199. The molecule has 1 aliphatic carbocycles. The summed E-state index contributed by atoms with van der Waals surface area (Å²) in [5, 5.41) is 9.47. The van der Waals surface area contributed by atoms with E-state index in [0.29, 0.717) is 0 Å². The Labute approximate surface area is 91.6 Å². The van der Waals surface area contributed by atoms with Crippen LogP contribution in [-0.2, 0) is 9.84 Å². The van der Waals surface area contributed by atoms with E-state index in [9.17, 15) is 22.7 Å². The van der Waals surface area contributed by atoms with Crippen molar-refractivity contribution >= 4 is 15.6 Å². The van der Waals surface area contributed by atoms with Crippen LogP contribution in [0.3, 0.4) is 0 Å². The molecule has 1 aliphatic rings. The lowest BCUT2D eigenvalue weighted by Crippen LogP contribution is -2.06. The van der Waals surface area contributed by atoms with Gasteiger partial charge in [-0.2, -0.15) is 0 Å². The number of Topliss-reactive ketones (excluding diaryl/α,β-unsaturated/α-hetero) is 1. The predicted octanol–water partition coefficient (Wildman–Crippen LogP) is 0.849. The molecule has 2 rings (SSSR count). The molecule has 1 aromatic carbocycles. The average Bonchev–Trinajstić information content (AvgIpc) is 2.42. The Hall–Kier alpha value is -1.27. The molecule has 0 aromatic heterocycles. The van der Waals surface area contributed by atoms with Crippen LogP contribution in [-0.4, -0.2) is 25.6 Å². The predicted molar refractivity (Wildman–Crippen MR) is 53.4 cm³/mol. The number of fused-ring (bicyclic) bond motifs is 1. The van der Waals surface area contributed by atoms with Gasteiger partial charge in [-0.25, -0.2) is 12.8 Å². The van der Waals surface area contributed by atoms with Crippen molar-refractivity contribution in [2.24, 2.45) is 0 Å². The standard InChI is InChI=1S/C10H9FO4S/c1-16(14,15)8-3-2-5(11)9-6(12)4-7(13)10(8)9/h2-3,6,12H,4H2,1H3. The van der Waals surface area contributed by atoms with Crippen molar-refractivity contribution in [3.05, 3.63) is 29.1 Å². The Bertz CT molecular complexity index is 577. The van der Waals surface area contributed by atoms with Gasteiger partial charge in [-0.15, -0.1) is 0 Å². The Balaban J connectivity index is 2.84. The third-order valence-corrected chi connectivity index (χ3v) is 3.68. The van der Waals surface area contributed by atoms with Gasteiger partial charge in [-0.05, 0) is 12.1 Å². The number of rotatable bonds is 1. The van der Waals surface area contributed by atoms with E-state index >= 15 is 0 Å². The molecular formula is C10H9FO4S. The molecule has 0 amide bonds. The number of benzene rings is 1. The van der Waals surface area contributed by atoms with Crippen molar-refractivity contribution in [1.29, 1.82) is 0 Å². The third kappa shape index (κ3) is 1.54. The van der Waals surface area contributed by atoms with Crippen LogP contribution >= 0.6 is 0 Å². The van der Waals surface area contributed by atoms with E-state index in [4.69, 9.17) is 0 Å². The zero-order valence-electron chi connectivity index (χ0n) is 8.40. The van der Waals surface area contributed by atoms with E-state index < -0.39 is 27.5 Å². The number of ketones is 1. The van der Waals surface area contributed by atoms with Crippen LogP contribution < -0.4 is 0 Å². The van der Waals surface area contributed by atoms with E-state index in [1.54, 1.807) is 0 Å². The van der Waals surface area contributed by atoms with Gasteiger partial charge in [0.05, 0.1) is 11.0 Å². The first-order valence-electron chi connectivity index (χ1n) is 4.56. The monoisotopic (exact) mass is 244 g/mol. The summed E-state index contributed by atoms with van der Waals surface area (Å²) in [5.74, 6) is -1.29. The largest absolute Gasteiger partial charge is 0.388 e. The van der Waals surface area contributed by atoms with Crippen LogP contribution in [0.15, 0.2) is 17.0 Å². The summed E-state index contributed by atoms with van der Waals surface area (Å²) in [5.41, 5.74) is -0.400. The molecule has 0 radical (unpaired) electrons. The highest BCUT2D eigenvalue weighted by atomic mass is 32.2. The van der Waals surface area contributed by atoms with Crippen molar-refractivity contribution in [2.75, 3.05) is 6.26 Å². The molecule has 0 aliphatic heterocycles. The molecule has 0 saturated heterocycles. The van der Waals surface area contributed by atoms with Gasteiger partial charge in [-0.3, -0.25) is 4.79 Å². The molecule has 0 fully saturated rings. The molecule has 6 heteroatoms. The summed E-state index contributed by atoms with van der Waals surface area (Å²) in [6, 6.07) is 2.01. The van der Waals surface area contributed by atoms with Crippen LogP contribution in [0.25, 0.3) is 0 Å². The Morgan fingerprint density at radius 3 is 2.62 bits per heavy atom. The lowest BCUT2D eigenvalue weighted by molar-refractivity contribution is 0.0927. The molecular weight excluding hydrogens is 235 g/mol. The molecule has 0 heterocycles. The molecule has 1 atom stereocenters. The maximum Gasteiger partial charge on any atom is 0.176 e. The lowest BCUT2D eigenvalue weighted by Gasteiger charge is -2.07. The van der Waals surface area contributed by atoms with Crippen LogP contribution in [0.5, 0.6) is 0 Å². The molecule has 4 nitrogen and oxygen atoms in total. The molecule has 0 spiro atoms. The van der Waals surface area contributed by atoms with Crippen LogP contribution in [0, 0.1) is 5.82 Å².